The lowest BCUT2D eigenvalue weighted by Gasteiger charge is -2.17. The van der Waals surface area contributed by atoms with Gasteiger partial charge in [0.15, 0.2) is 0 Å². The Labute approximate surface area is 653 Å². The summed E-state index contributed by atoms with van der Waals surface area (Å²) in [6, 6.07) is 0. The maximum absolute atomic E-state index is 11.5. The summed E-state index contributed by atoms with van der Waals surface area (Å²) in [4.78, 5) is 46.0. The van der Waals surface area contributed by atoms with E-state index in [1.165, 1.54) is 161 Å². The normalized spacial score (nSPS) is 14.9. The highest BCUT2D eigenvalue weighted by Gasteiger charge is 2.37. The number of ether oxygens (including phenoxy) is 5. The molecule has 0 aromatic rings. The van der Waals surface area contributed by atoms with Crippen molar-refractivity contribution in [1.82, 2.24) is 0 Å². The minimum atomic E-state index is -0.641. The summed E-state index contributed by atoms with van der Waals surface area (Å²) in [5.41, 5.74) is 0. The monoisotopic (exact) mass is 1530 g/mol. The Morgan fingerprint density at radius 1 is 0.271 bits per heavy atom. The number of unbranched alkanes of at least 4 members (excludes halogenated alkanes) is 40. The average Bonchev–Trinajstić information content (AvgIpc) is 1.71. The number of epoxide rings is 1. The Morgan fingerprint density at radius 2 is 0.458 bits per heavy atom. The molecule has 1 heterocycles. The van der Waals surface area contributed by atoms with Crippen LogP contribution in [0.25, 0.3) is 0 Å². The summed E-state index contributed by atoms with van der Waals surface area (Å²) >= 11 is 0. The summed E-state index contributed by atoms with van der Waals surface area (Å²) in [5, 5.41) is 90.4. The van der Waals surface area contributed by atoms with E-state index < -0.39 is 12.2 Å². The van der Waals surface area contributed by atoms with E-state index in [0.717, 1.165) is 161 Å². The molecule has 0 aromatic heterocycles. The fraction of sp³-hybridized carbons (Fsp3) is 0.909. The van der Waals surface area contributed by atoms with Crippen molar-refractivity contribution >= 4 is 23.9 Å². The third-order valence-electron chi connectivity index (χ3n) is 19.4. The van der Waals surface area contributed by atoms with Gasteiger partial charge in [0.2, 0.25) is 0 Å². The molecule has 0 amide bonds. The number of aliphatic hydroxyl groups is 10. The van der Waals surface area contributed by atoms with Gasteiger partial charge >= 0.3 is 23.9 Å². The van der Waals surface area contributed by atoms with Gasteiger partial charge in [-0.3, -0.25) is 19.2 Å². The molecule has 1 aliphatic heterocycles. The van der Waals surface area contributed by atoms with Gasteiger partial charge in [-0.25, -0.2) is 0 Å². The van der Waals surface area contributed by atoms with Crippen LogP contribution in [0.1, 0.15) is 387 Å². The molecule has 19 heteroatoms. The topological polar surface area (TPSA) is 320 Å². The van der Waals surface area contributed by atoms with Crippen molar-refractivity contribution in [2.45, 2.75) is 412 Å². The van der Waals surface area contributed by atoms with E-state index in [0.29, 0.717) is 90.4 Å². The highest BCUT2D eigenvalue weighted by atomic mass is 16.6. The first kappa shape index (κ1) is 108. The zero-order valence-corrected chi connectivity index (χ0v) is 69.2. The summed E-state index contributed by atoms with van der Waals surface area (Å²) < 4.78 is 26.2. The Bertz CT molecular complexity index is 1830. The van der Waals surface area contributed by atoms with Crippen LogP contribution >= 0.6 is 0 Å². The number of esters is 4. The third kappa shape index (κ3) is 88.4. The molecule has 8 atom stereocenters. The van der Waals surface area contributed by atoms with E-state index >= 15 is 0 Å². The van der Waals surface area contributed by atoms with Crippen LogP contribution in [0.3, 0.4) is 0 Å². The molecule has 0 spiro atoms. The minimum Gasteiger partial charge on any atom is -0.465 e. The van der Waals surface area contributed by atoms with E-state index in [1.54, 1.807) is 0 Å². The van der Waals surface area contributed by atoms with Crippen molar-refractivity contribution in [1.29, 1.82) is 0 Å². The zero-order valence-electron chi connectivity index (χ0n) is 69.2. The summed E-state index contributed by atoms with van der Waals surface area (Å²) in [6.07, 6.45) is 68.6. The second-order valence-electron chi connectivity index (χ2n) is 30.9. The molecule has 0 bridgehead atoms. The van der Waals surface area contributed by atoms with Gasteiger partial charge in [0, 0.05) is 102 Å². The van der Waals surface area contributed by atoms with Crippen LogP contribution in [0.5, 0.6) is 0 Å². The van der Waals surface area contributed by atoms with Crippen molar-refractivity contribution in [3.63, 3.8) is 0 Å². The number of rotatable bonds is 77. The van der Waals surface area contributed by atoms with Crippen molar-refractivity contribution < 1.29 is 93.9 Å². The second-order valence-corrected chi connectivity index (χ2v) is 30.9. The Morgan fingerprint density at radius 3 is 0.673 bits per heavy atom. The molecule has 0 radical (unpaired) electrons. The van der Waals surface area contributed by atoms with Crippen LogP contribution in [0.2, 0.25) is 0 Å². The van der Waals surface area contributed by atoms with E-state index in [-0.39, 0.29) is 87.2 Å². The number of allylic oxidation sites excluding steroid dienone is 4. The fourth-order valence-electron chi connectivity index (χ4n) is 11.9. The molecule has 1 rings (SSSR count). The highest BCUT2D eigenvalue weighted by molar-refractivity contribution is 5.70. The average molecular weight is 1530 g/mol. The molecule has 0 saturated carbocycles. The van der Waals surface area contributed by atoms with Gasteiger partial charge in [0.05, 0.1) is 50.8 Å². The van der Waals surface area contributed by atoms with Gasteiger partial charge in [0.1, 0.15) is 0 Å². The molecular weight excluding hydrogens is 1360 g/mol. The minimum absolute atomic E-state index is 0.0115. The van der Waals surface area contributed by atoms with Gasteiger partial charge in [-0.15, -0.1) is 0 Å². The largest absolute Gasteiger partial charge is 0.465 e. The first-order valence-corrected chi connectivity index (χ1v) is 43.9. The maximum atomic E-state index is 11.5. The third-order valence-corrected chi connectivity index (χ3v) is 19.4. The first-order valence-electron chi connectivity index (χ1n) is 43.9. The van der Waals surface area contributed by atoms with Crippen LogP contribution in [0.4, 0.5) is 0 Å². The lowest BCUT2D eigenvalue weighted by atomic mass is 9.99. The number of hydrogen-bond donors (Lipinski definition) is 10. The molecule has 0 aliphatic carbocycles. The molecule has 1 aliphatic rings. The van der Waals surface area contributed by atoms with Crippen molar-refractivity contribution in [2.24, 2.45) is 23.7 Å². The summed E-state index contributed by atoms with van der Waals surface area (Å²) in [7, 11) is 0. The lowest BCUT2D eigenvalue weighted by molar-refractivity contribution is -0.146. The van der Waals surface area contributed by atoms with Gasteiger partial charge in [-0.1, -0.05) is 257 Å². The van der Waals surface area contributed by atoms with Gasteiger partial charge in [-0.05, 0) is 128 Å². The lowest BCUT2D eigenvalue weighted by Crippen LogP contribution is -2.25. The molecule has 8 unspecified atom stereocenters. The SMILES string of the molecule is CC(CO)COC(=O)CCCCCCC/C=C/CCCCCCCCO.CC(CO)COC(=O)CCCCCCC/C=C\CCCCCCCCO.CC(CO)COC(=O)CCCCCCCC(O)C(O)CCCCCCCCO.CC(CO)COC(=O)CCCCCCCC1OC1CCCCCCCCO. The van der Waals surface area contributed by atoms with Crippen molar-refractivity contribution in [3.8, 4) is 0 Å². The zero-order chi connectivity index (χ0) is 79.4. The van der Waals surface area contributed by atoms with Gasteiger partial charge in [-0.2, -0.15) is 0 Å². The van der Waals surface area contributed by atoms with Crippen LogP contribution in [0.15, 0.2) is 24.3 Å². The second kappa shape index (κ2) is 88.5. The Hall–Kier alpha value is -3.08. The molecule has 19 nitrogen and oxygen atoms in total. The van der Waals surface area contributed by atoms with Gasteiger partial charge < -0.3 is 74.7 Å². The number of aliphatic hydroxyl groups excluding tert-OH is 10. The van der Waals surface area contributed by atoms with Crippen molar-refractivity contribution in [3.05, 3.63) is 24.3 Å². The van der Waals surface area contributed by atoms with E-state index in [9.17, 15) is 29.4 Å². The fourth-order valence-corrected chi connectivity index (χ4v) is 11.9. The van der Waals surface area contributed by atoms with E-state index in [1.807, 2.05) is 27.7 Å². The Balaban J connectivity index is -0.00000135. The predicted molar refractivity (Wildman–Crippen MR) is 435 cm³/mol. The summed E-state index contributed by atoms with van der Waals surface area (Å²) in [6.45, 7) is 10.1. The van der Waals surface area contributed by atoms with Gasteiger partial charge in [0.25, 0.3) is 0 Å². The standard InChI is InChI=1S/C22H44O6.C22H42O5.2C22H42O4/c1-19(17-24)18-28-22(27)15-11-7-4-6-10-14-21(26)20(25)13-9-5-2-3-8-12-16-23;1-19(17-24)18-26-22(25)15-11-7-4-6-10-14-21-20(27-21)13-9-5-2-3-8-12-16-23;2*1-21(19-24)20-26-22(25)17-15-13-11-9-7-5-3-2-4-6-8-10-12-14-16-18-23/h19-21,23-26H,2-18H2,1H3;19-21,23-24H,2-18H2,1H3;2*2-3,21,23-24H,4-20H2,1H3/b;;3-2+;3-2-. The number of carbonyl (C=O) groups is 4. The number of hydrogen-bond acceptors (Lipinski definition) is 19. The molecule has 636 valence electrons. The number of carbonyl (C=O) groups excluding carboxylic acids is 4. The van der Waals surface area contributed by atoms with Crippen LogP contribution < -0.4 is 0 Å². The van der Waals surface area contributed by atoms with Crippen LogP contribution in [-0.2, 0) is 42.9 Å². The quantitative estimate of drug-likeness (QED) is 0.00889. The molecular formula is C88H170O19. The Kier molecular flexibility index (Phi) is 89.4. The summed E-state index contributed by atoms with van der Waals surface area (Å²) in [5.74, 6) is -0.539. The molecule has 10 N–H and O–H groups in total. The smallest absolute Gasteiger partial charge is 0.305 e. The molecule has 0 aromatic carbocycles. The van der Waals surface area contributed by atoms with Crippen LogP contribution in [0, 0.1) is 23.7 Å². The van der Waals surface area contributed by atoms with Crippen LogP contribution in [-0.4, -0.2) is 179 Å². The van der Waals surface area contributed by atoms with E-state index in [4.69, 9.17) is 64.5 Å². The maximum Gasteiger partial charge on any atom is 0.305 e. The molecule has 1 saturated heterocycles. The molecule has 1 fully saturated rings. The van der Waals surface area contributed by atoms with Crippen molar-refractivity contribution in [2.75, 3.05) is 79.3 Å². The van der Waals surface area contributed by atoms with E-state index in [2.05, 4.69) is 24.3 Å². The first-order chi connectivity index (χ1) is 52.1. The molecule has 107 heavy (non-hydrogen) atoms. The highest BCUT2D eigenvalue weighted by Crippen LogP contribution is 2.32. The predicted octanol–water partition coefficient (Wildman–Crippen LogP) is 18.0.